The molecule has 0 spiro atoms. The van der Waals surface area contributed by atoms with Gasteiger partial charge in [-0.05, 0) is 28.7 Å². The fourth-order valence-electron chi connectivity index (χ4n) is 2.56. The number of carbonyl (C=O) groups is 2. The second kappa shape index (κ2) is 7.07. The predicted octanol–water partition coefficient (Wildman–Crippen LogP) is 3.00. The molecule has 0 saturated carbocycles. The third kappa shape index (κ3) is 4.07. The molecule has 2 N–H and O–H groups in total. The molecule has 2 aromatic carbocycles. The summed E-state index contributed by atoms with van der Waals surface area (Å²) >= 11 is 0. The molecule has 2 rings (SSSR count). The summed E-state index contributed by atoms with van der Waals surface area (Å²) in [7, 11) is 0. The Hall–Kier alpha value is -2.36. The molecule has 0 fully saturated rings. The molecule has 4 heteroatoms. The summed E-state index contributed by atoms with van der Waals surface area (Å²) in [6, 6.07) is 12.8. The van der Waals surface area contributed by atoms with E-state index in [0.29, 0.717) is 6.42 Å². The average molecular weight is 299 g/mol. The summed E-state index contributed by atoms with van der Waals surface area (Å²) < 4.78 is 0. The van der Waals surface area contributed by atoms with Crippen LogP contribution < -0.4 is 5.32 Å². The fraction of sp³-hybridized carbons (Fsp3) is 0.333. The maximum atomic E-state index is 12.2. The molecule has 0 radical (unpaired) electrons. The van der Waals surface area contributed by atoms with Gasteiger partial charge in [0, 0.05) is 0 Å². The van der Waals surface area contributed by atoms with Gasteiger partial charge in [0.1, 0.15) is 6.04 Å². The minimum atomic E-state index is -0.986. The Kier molecular flexibility index (Phi) is 5.15. The summed E-state index contributed by atoms with van der Waals surface area (Å²) in [4.78, 5) is 23.4. The topological polar surface area (TPSA) is 66.4 Å². The number of carboxylic acids is 1. The van der Waals surface area contributed by atoms with Crippen LogP contribution in [0.15, 0.2) is 42.5 Å². The summed E-state index contributed by atoms with van der Waals surface area (Å²) in [5, 5.41) is 13.9. The number of nitrogens with one attached hydrogen (secondary N) is 1. The van der Waals surface area contributed by atoms with Gasteiger partial charge in [0.25, 0.3) is 0 Å². The van der Waals surface area contributed by atoms with Crippen LogP contribution >= 0.6 is 0 Å². The van der Waals surface area contributed by atoms with Crippen molar-refractivity contribution in [3.05, 3.63) is 48.0 Å². The van der Waals surface area contributed by atoms with Gasteiger partial charge < -0.3 is 10.4 Å². The summed E-state index contributed by atoms with van der Waals surface area (Å²) in [6.07, 6.45) is 0.611. The van der Waals surface area contributed by atoms with Gasteiger partial charge in [0.05, 0.1) is 6.42 Å². The van der Waals surface area contributed by atoms with E-state index in [1.165, 1.54) is 0 Å². The van der Waals surface area contributed by atoms with E-state index >= 15 is 0 Å². The lowest BCUT2D eigenvalue weighted by molar-refractivity contribution is -0.142. The van der Waals surface area contributed by atoms with Crippen molar-refractivity contribution in [2.75, 3.05) is 0 Å². The van der Waals surface area contributed by atoms with E-state index in [-0.39, 0.29) is 18.2 Å². The summed E-state index contributed by atoms with van der Waals surface area (Å²) in [5.74, 6) is -1.04. The zero-order valence-electron chi connectivity index (χ0n) is 12.9. The Labute approximate surface area is 130 Å². The van der Waals surface area contributed by atoms with Crippen LogP contribution in [0, 0.1) is 5.92 Å². The van der Waals surface area contributed by atoms with Gasteiger partial charge >= 0.3 is 5.97 Å². The van der Waals surface area contributed by atoms with E-state index in [9.17, 15) is 14.7 Å². The molecule has 22 heavy (non-hydrogen) atoms. The third-order valence-electron chi connectivity index (χ3n) is 3.57. The quantitative estimate of drug-likeness (QED) is 0.861. The van der Waals surface area contributed by atoms with Crippen LogP contribution in [-0.2, 0) is 16.0 Å². The molecule has 2 aromatic rings. The zero-order chi connectivity index (χ0) is 16.1. The normalized spacial score (nSPS) is 12.3. The molecule has 1 atom stereocenters. The highest BCUT2D eigenvalue weighted by atomic mass is 16.4. The smallest absolute Gasteiger partial charge is 0.326 e. The lowest BCUT2D eigenvalue weighted by Gasteiger charge is -2.16. The van der Waals surface area contributed by atoms with E-state index in [1.807, 2.05) is 56.3 Å². The molecule has 0 aliphatic heterocycles. The van der Waals surface area contributed by atoms with E-state index < -0.39 is 12.0 Å². The minimum Gasteiger partial charge on any atom is -0.480 e. The van der Waals surface area contributed by atoms with Crippen LogP contribution in [-0.4, -0.2) is 23.0 Å². The number of hydrogen-bond donors (Lipinski definition) is 2. The van der Waals surface area contributed by atoms with Crippen LogP contribution in [0.1, 0.15) is 25.8 Å². The van der Waals surface area contributed by atoms with Gasteiger partial charge in [-0.25, -0.2) is 4.79 Å². The largest absolute Gasteiger partial charge is 0.480 e. The molecule has 0 aromatic heterocycles. The maximum Gasteiger partial charge on any atom is 0.326 e. The first-order valence-electron chi connectivity index (χ1n) is 7.46. The lowest BCUT2D eigenvalue weighted by Crippen LogP contribution is -2.42. The van der Waals surface area contributed by atoms with E-state index in [4.69, 9.17) is 0 Å². The Bertz CT molecular complexity index is 674. The average Bonchev–Trinajstić information content (AvgIpc) is 2.46. The number of hydrogen-bond acceptors (Lipinski definition) is 2. The van der Waals surface area contributed by atoms with Crippen molar-refractivity contribution < 1.29 is 14.7 Å². The second-order valence-electron chi connectivity index (χ2n) is 5.90. The molecular weight excluding hydrogens is 278 g/mol. The Balaban J connectivity index is 2.12. The first-order chi connectivity index (χ1) is 10.5. The molecule has 0 saturated heterocycles. The van der Waals surface area contributed by atoms with Gasteiger partial charge in [0.15, 0.2) is 0 Å². The summed E-state index contributed by atoms with van der Waals surface area (Å²) in [6.45, 7) is 3.87. The molecule has 0 unspecified atom stereocenters. The Morgan fingerprint density at radius 3 is 2.45 bits per heavy atom. The molecule has 0 aliphatic carbocycles. The van der Waals surface area contributed by atoms with Crippen molar-refractivity contribution in [1.82, 2.24) is 5.32 Å². The number of carboxylic acid groups (broad SMARTS) is 1. The molecule has 116 valence electrons. The predicted molar refractivity (Wildman–Crippen MR) is 86.7 cm³/mol. The monoisotopic (exact) mass is 299 g/mol. The van der Waals surface area contributed by atoms with Gasteiger partial charge in [0.2, 0.25) is 5.91 Å². The van der Waals surface area contributed by atoms with E-state index in [1.54, 1.807) is 0 Å². The molecule has 0 bridgehead atoms. The van der Waals surface area contributed by atoms with Crippen LogP contribution in [0.2, 0.25) is 0 Å². The Morgan fingerprint density at radius 1 is 1.09 bits per heavy atom. The van der Waals surface area contributed by atoms with Gasteiger partial charge in [-0.3, -0.25) is 4.79 Å². The van der Waals surface area contributed by atoms with Gasteiger partial charge in [-0.15, -0.1) is 0 Å². The lowest BCUT2D eigenvalue weighted by atomic mass is 10.0. The van der Waals surface area contributed by atoms with Gasteiger partial charge in [-0.1, -0.05) is 56.3 Å². The van der Waals surface area contributed by atoms with Crippen molar-refractivity contribution in [3.8, 4) is 0 Å². The van der Waals surface area contributed by atoms with Crippen LogP contribution in [0.3, 0.4) is 0 Å². The molecule has 0 heterocycles. The number of carbonyl (C=O) groups excluding carboxylic acids is 1. The van der Waals surface area contributed by atoms with Crippen molar-refractivity contribution in [1.29, 1.82) is 0 Å². The zero-order valence-corrected chi connectivity index (χ0v) is 12.9. The van der Waals surface area contributed by atoms with Gasteiger partial charge in [-0.2, -0.15) is 0 Å². The highest BCUT2D eigenvalue weighted by Gasteiger charge is 2.21. The Morgan fingerprint density at radius 2 is 1.77 bits per heavy atom. The highest BCUT2D eigenvalue weighted by molar-refractivity contribution is 5.91. The van der Waals surface area contributed by atoms with Crippen molar-refractivity contribution in [2.45, 2.75) is 32.7 Å². The number of fused-ring (bicyclic) bond motifs is 1. The van der Waals surface area contributed by atoms with Crippen LogP contribution in [0.5, 0.6) is 0 Å². The van der Waals surface area contributed by atoms with Crippen molar-refractivity contribution in [2.24, 2.45) is 5.92 Å². The number of benzene rings is 2. The highest BCUT2D eigenvalue weighted by Crippen LogP contribution is 2.19. The molecule has 4 nitrogen and oxygen atoms in total. The second-order valence-corrected chi connectivity index (χ2v) is 5.90. The molecular formula is C18H21NO3. The third-order valence-corrected chi connectivity index (χ3v) is 3.57. The van der Waals surface area contributed by atoms with Crippen molar-refractivity contribution in [3.63, 3.8) is 0 Å². The number of aliphatic carboxylic acids is 1. The summed E-state index contributed by atoms with van der Waals surface area (Å²) in [5.41, 5.74) is 0.907. The SMILES string of the molecule is CC(C)C[C@H](NC(=O)Cc1cccc2ccccc12)C(=O)O. The minimum absolute atomic E-state index is 0.184. The number of rotatable bonds is 6. The van der Waals surface area contributed by atoms with Crippen LogP contribution in [0.4, 0.5) is 0 Å². The van der Waals surface area contributed by atoms with Crippen molar-refractivity contribution >= 4 is 22.6 Å². The fourth-order valence-corrected chi connectivity index (χ4v) is 2.56. The molecule has 1 amide bonds. The first-order valence-corrected chi connectivity index (χ1v) is 7.46. The standard InChI is InChI=1S/C18H21NO3/c1-12(2)10-16(18(21)22)19-17(20)11-14-8-5-7-13-6-3-4-9-15(13)14/h3-9,12,16H,10-11H2,1-2H3,(H,19,20)(H,21,22)/t16-/m0/s1. The molecule has 0 aliphatic rings. The maximum absolute atomic E-state index is 12.2. The van der Waals surface area contributed by atoms with E-state index in [0.717, 1.165) is 16.3 Å². The van der Waals surface area contributed by atoms with Crippen LogP contribution in [0.25, 0.3) is 10.8 Å². The first kappa shape index (κ1) is 16.0. The van der Waals surface area contributed by atoms with E-state index in [2.05, 4.69) is 5.32 Å². The number of amides is 1.